The van der Waals surface area contributed by atoms with Gasteiger partial charge in [-0.25, -0.2) is 9.79 Å². The van der Waals surface area contributed by atoms with Crippen LogP contribution in [-0.2, 0) is 23.9 Å². The second-order valence-electron chi connectivity index (χ2n) is 9.22. The largest absolute Gasteiger partial charge is 0.427 e. The molecule has 0 radical (unpaired) electrons. The average molecular weight is 476 g/mol. The van der Waals surface area contributed by atoms with Gasteiger partial charge in [0, 0.05) is 23.0 Å². The summed E-state index contributed by atoms with van der Waals surface area (Å²) in [5.41, 5.74) is -0.0936. The van der Waals surface area contributed by atoms with Gasteiger partial charge in [0.25, 0.3) is 11.6 Å². The van der Waals surface area contributed by atoms with Gasteiger partial charge in [0.05, 0.1) is 10.3 Å². The molecule has 0 bridgehead atoms. The van der Waals surface area contributed by atoms with Crippen molar-refractivity contribution in [2.24, 2.45) is 10.4 Å². The number of non-ortho nitro benzene ring substituents is 1. The van der Waals surface area contributed by atoms with Crippen LogP contribution in [0.1, 0.15) is 40.2 Å². The Morgan fingerprint density at radius 3 is 2.48 bits per heavy atom. The predicted molar refractivity (Wildman–Crippen MR) is 121 cm³/mol. The van der Waals surface area contributed by atoms with Crippen LogP contribution in [0.15, 0.2) is 29.3 Å². The molecule has 176 valence electrons. The molecule has 2 heterocycles. The van der Waals surface area contributed by atoms with Crippen LogP contribution in [0.2, 0.25) is 0 Å². The minimum atomic E-state index is -0.835. The maximum atomic E-state index is 12.7. The van der Waals surface area contributed by atoms with Gasteiger partial charge >= 0.3 is 11.9 Å². The number of nitrogens with zero attached hydrogens (tertiary/aromatic N) is 3. The number of nitro groups is 1. The topological polar surface area (TPSA) is 128 Å². The van der Waals surface area contributed by atoms with E-state index < -0.39 is 45.9 Å². The van der Waals surface area contributed by atoms with Gasteiger partial charge in [0.15, 0.2) is 6.04 Å². The molecule has 11 heteroatoms. The molecule has 3 atom stereocenters. The molecular formula is C22H25N3O7S. The van der Waals surface area contributed by atoms with Crippen LogP contribution >= 0.6 is 11.8 Å². The van der Waals surface area contributed by atoms with E-state index in [2.05, 4.69) is 10.9 Å². The maximum Gasteiger partial charge on any atom is 0.333 e. The van der Waals surface area contributed by atoms with Gasteiger partial charge in [-0.3, -0.25) is 19.7 Å². The number of β-lactam (4-membered cyclic amide) rings is 1. The van der Waals surface area contributed by atoms with Crippen LogP contribution < -0.4 is 0 Å². The number of nitro benzene ring substituents is 1. The first-order valence-electron chi connectivity index (χ1n) is 10.2. The van der Waals surface area contributed by atoms with Crippen molar-refractivity contribution in [1.82, 2.24) is 4.90 Å². The highest BCUT2D eigenvalue weighted by Crippen LogP contribution is 2.51. The molecule has 1 aromatic carbocycles. The van der Waals surface area contributed by atoms with E-state index in [0.29, 0.717) is 5.56 Å². The summed E-state index contributed by atoms with van der Waals surface area (Å²) in [7, 11) is 0. The quantitative estimate of drug-likeness (QED) is 0.153. The van der Waals surface area contributed by atoms with Gasteiger partial charge in [0.2, 0.25) is 6.79 Å². The highest BCUT2D eigenvalue weighted by Gasteiger charge is 2.64. The Balaban J connectivity index is 1.63. The molecule has 2 aliphatic heterocycles. The molecule has 1 aromatic rings. The second kappa shape index (κ2) is 8.99. The third kappa shape index (κ3) is 5.09. The number of carbonyl (C=O) groups is 3. The van der Waals surface area contributed by atoms with Crippen LogP contribution in [0.3, 0.4) is 0 Å². The SMILES string of the molecule is CC(C)(C)C(=O)OCOC(=O)[C@@H]1N2C(=O)[C@H](N=C=Cc3ccc([N+](=O)[O-])cc3)[C@H]2SC1(C)C. The molecule has 0 aromatic heterocycles. The number of rotatable bonds is 6. The fourth-order valence-electron chi connectivity index (χ4n) is 3.41. The fraction of sp³-hybridized carbons (Fsp3) is 0.500. The first-order chi connectivity index (χ1) is 15.3. The number of benzene rings is 1. The minimum Gasteiger partial charge on any atom is -0.427 e. The predicted octanol–water partition coefficient (Wildman–Crippen LogP) is 2.80. The van der Waals surface area contributed by atoms with Crippen LogP contribution in [-0.4, -0.2) is 62.5 Å². The summed E-state index contributed by atoms with van der Waals surface area (Å²) in [6, 6.07) is 4.32. The number of thioether (sulfide) groups is 1. The van der Waals surface area contributed by atoms with Crippen molar-refractivity contribution in [3.63, 3.8) is 0 Å². The highest BCUT2D eigenvalue weighted by molar-refractivity contribution is 8.01. The maximum absolute atomic E-state index is 12.7. The van der Waals surface area contributed by atoms with Gasteiger partial charge in [-0.05, 0) is 58.2 Å². The summed E-state index contributed by atoms with van der Waals surface area (Å²) < 4.78 is 9.50. The molecule has 3 rings (SSSR count). The number of hydrogen-bond donors (Lipinski definition) is 0. The molecule has 10 nitrogen and oxygen atoms in total. The van der Waals surface area contributed by atoms with E-state index in [-0.39, 0.29) is 17.0 Å². The lowest BCUT2D eigenvalue weighted by Crippen LogP contribution is -2.65. The summed E-state index contributed by atoms with van der Waals surface area (Å²) in [6.07, 6.45) is 1.53. The Kier molecular flexibility index (Phi) is 6.67. The minimum absolute atomic E-state index is 0.0235. The van der Waals surface area contributed by atoms with E-state index >= 15 is 0 Å². The molecule has 0 saturated carbocycles. The van der Waals surface area contributed by atoms with Gasteiger partial charge < -0.3 is 14.4 Å². The van der Waals surface area contributed by atoms with Crippen molar-refractivity contribution in [2.45, 2.75) is 56.8 Å². The summed E-state index contributed by atoms with van der Waals surface area (Å²) in [6.45, 7) is 8.22. The fourth-order valence-corrected chi connectivity index (χ4v) is 5.02. The Labute approximate surface area is 195 Å². The van der Waals surface area contributed by atoms with E-state index in [1.54, 1.807) is 32.9 Å². The van der Waals surface area contributed by atoms with E-state index in [1.807, 2.05) is 13.8 Å². The van der Waals surface area contributed by atoms with Crippen molar-refractivity contribution in [3.8, 4) is 0 Å². The zero-order valence-electron chi connectivity index (χ0n) is 18.9. The molecule has 2 fully saturated rings. The normalized spacial score (nSPS) is 23.0. The van der Waals surface area contributed by atoms with Crippen molar-refractivity contribution >= 4 is 47.2 Å². The van der Waals surface area contributed by atoms with E-state index in [4.69, 9.17) is 9.47 Å². The summed E-state index contributed by atoms with van der Waals surface area (Å²) >= 11 is 1.44. The molecule has 0 aliphatic carbocycles. The second-order valence-corrected chi connectivity index (χ2v) is 11.0. The highest BCUT2D eigenvalue weighted by atomic mass is 32.2. The summed E-state index contributed by atoms with van der Waals surface area (Å²) in [4.78, 5) is 53.1. The Hall–Kier alpha value is -3.17. The van der Waals surface area contributed by atoms with Gasteiger partial charge in [-0.15, -0.1) is 11.8 Å². The molecule has 2 aliphatic rings. The standard InChI is InChI=1S/C22H25N3O7S/c1-21(2,3)20(28)32-12-31-19(27)16-22(4,5)33-18-15(17(26)24(16)18)23-11-10-13-6-8-14(9-7-13)25(29)30/h6-10,15-16,18H,12H2,1-5H3/t15-,16-,18+/m0/s1. The van der Waals surface area contributed by atoms with Crippen LogP contribution in [0.5, 0.6) is 0 Å². The van der Waals surface area contributed by atoms with Gasteiger partial charge in [-0.1, -0.05) is 0 Å². The van der Waals surface area contributed by atoms with Crippen molar-refractivity contribution in [2.75, 3.05) is 6.79 Å². The smallest absolute Gasteiger partial charge is 0.333 e. The molecule has 2 saturated heterocycles. The van der Waals surface area contributed by atoms with Crippen molar-refractivity contribution in [1.29, 1.82) is 0 Å². The lowest BCUT2D eigenvalue weighted by molar-refractivity contribution is -0.384. The number of aliphatic imine (C=N–C) groups is 1. The number of esters is 2. The molecule has 0 unspecified atom stereocenters. The Morgan fingerprint density at radius 2 is 1.91 bits per heavy atom. The number of hydrogen-bond acceptors (Lipinski definition) is 9. The first-order valence-corrected chi connectivity index (χ1v) is 11.1. The Morgan fingerprint density at radius 1 is 1.27 bits per heavy atom. The summed E-state index contributed by atoms with van der Waals surface area (Å²) in [5, 5.41) is 10.4. The lowest BCUT2D eigenvalue weighted by atomic mass is 9.96. The monoisotopic (exact) mass is 475 g/mol. The average Bonchev–Trinajstić information content (AvgIpc) is 2.98. The molecular weight excluding hydrogens is 450 g/mol. The number of carbonyl (C=O) groups excluding carboxylic acids is 3. The molecule has 0 spiro atoms. The number of amides is 1. The zero-order chi connectivity index (χ0) is 24.6. The summed E-state index contributed by atoms with van der Waals surface area (Å²) in [5.74, 6) is 1.26. The molecule has 1 amide bonds. The van der Waals surface area contributed by atoms with Crippen molar-refractivity contribution in [3.05, 3.63) is 39.9 Å². The lowest BCUT2D eigenvalue weighted by Gasteiger charge is -2.41. The molecule has 33 heavy (non-hydrogen) atoms. The zero-order valence-corrected chi connectivity index (χ0v) is 19.8. The third-order valence-corrected chi connectivity index (χ3v) is 6.75. The molecule has 0 N–H and O–H groups in total. The van der Waals surface area contributed by atoms with Crippen LogP contribution in [0, 0.1) is 15.5 Å². The number of fused-ring (bicyclic) bond motifs is 1. The van der Waals surface area contributed by atoms with Crippen LogP contribution in [0.25, 0.3) is 6.08 Å². The van der Waals surface area contributed by atoms with E-state index in [1.165, 1.54) is 34.9 Å². The van der Waals surface area contributed by atoms with Gasteiger partial charge in [0.1, 0.15) is 11.4 Å². The van der Waals surface area contributed by atoms with E-state index in [0.717, 1.165) is 0 Å². The van der Waals surface area contributed by atoms with Crippen LogP contribution in [0.4, 0.5) is 5.69 Å². The Bertz CT molecular complexity index is 1040. The first kappa shape index (κ1) is 24.5. The number of ether oxygens (including phenoxy) is 2. The van der Waals surface area contributed by atoms with E-state index in [9.17, 15) is 24.5 Å². The van der Waals surface area contributed by atoms with Crippen molar-refractivity contribution < 1.29 is 28.8 Å². The third-order valence-electron chi connectivity index (χ3n) is 5.19. The van der Waals surface area contributed by atoms with Gasteiger partial charge in [-0.2, -0.15) is 0 Å².